The molecular weight excluding hydrogens is 220 g/mol. The Balaban J connectivity index is 3.84. The number of likely N-dealkylation sites (N-methyl/N-ethyl adjacent to an activating group) is 1. The predicted molar refractivity (Wildman–Crippen MR) is 67.8 cm³/mol. The van der Waals surface area contributed by atoms with Crippen LogP contribution in [0.3, 0.4) is 0 Å². The van der Waals surface area contributed by atoms with Gasteiger partial charge in [0.1, 0.15) is 0 Å². The molecule has 0 aliphatic carbocycles. The van der Waals surface area contributed by atoms with E-state index in [1.54, 1.807) is 14.0 Å². The van der Waals surface area contributed by atoms with E-state index in [-0.39, 0.29) is 12.0 Å². The van der Waals surface area contributed by atoms with Gasteiger partial charge in [-0.1, -0.05) is 6.92 Å². The number of rotatable bonds is 10. The Morgan fingerprint density at radius 2 is 2.06 bits per heavy atom. The highest BCUT2D eigenvalue weighted by Gasteiger charge is 2.31. The first-order chi connectivity index (χ1) is 7.96. The van der Waals surface area contributed by atoms with Gasteiger partial charge in [0.2, 0.25) is 5.91 Å². The van der Waals surface area contributed by atoms with E-state index >= 15 is 0 Å². The van der Waals surface area contributed by atoms with Gasteiger partial charge in [0.05, 0.1) is 24.9 Å². The zero-order chi connectivity index (χ0) is 13.3. The predicted octanol–water partition coefficient (Wildman–Crippen LogP) is 0.672. The van der Waals surface area contributed by atoms with Gasteiger partial charge >= 0.3 is 0 Å². The summed E-state index contributed by atoms with van der Waals surface area (Å²) in [6.07, 6.45) is 1.52. The summed E-state index contributed by atoms with van der Waals surface area (Å²) < 4.78 is 10.9. The summed E-state index contributed by atoms with van der Waals surface area (Å²) in [6, 6.07) is 0. The second-order valence-electron chi connectivity index (χ2n) is 4.44. The highest BCUT2D eigenvalue weighted by molar-refractivity contribution is 5.84. The molecule has 0 bridgehead atoms. The molecule has 0 saturated heterocycles. The van der Waals surface area contributed by atoms with Crippen molar-refractivity contribution < 1.29 is 14.3 Å². The minimum absolute atomic E-state index is 0.0369. The first-order valence-electron chi connectivity index (χ1n) is 6.14. The highest BCUT2D eigenvalue weighted by atomic mass is 16.5. The average Bonchev–Trinajstić information content (AvgIpc) is 2.28. The molecule has 0 aliphatic heterocycles. The van der Waals surface area contributed by atoms with Gasteiger partial charge in [-0.05, 0) is 27.3 Å². The van der Waals surface area contributed by atoms with Crippen molar-refractivity contribution in [2.45, 2.75) is 45.3 Å². The number of primary amides is 1. The molecule has 0 rings (SSSR count). The van der Waals surface area contributed by atoms with Gasteiger partial charge in [-0.25, -0.2) is 0 Å². The maximum atomic E-state index is 11.3. The molecular formula is C12H26N2O3. The van der Waals surface area contributed by atoms with E-state index in [2.05, 4.69) is 12.2 Å². The Morgan fingerprint density at radius 3 is 2.53 bits per heavy atom. The molecule has 1 amide bonds. The molecule has 5 heteroatoms. The Labute approximate surface area is 104 Å². The molecule has 0 aromatic heterocycles. The molecule has 2 atom stereocenters. The van der Waals surface area contributed by atoms with E-state index in [4.69, 9.17) is 15.2 Å². The zero-order valence-electron chi connectivity index (χ0n) is 11.4. The first kappa shape index (κ1) is 16.4. The molecule has 0 aromatic carbocycles. The molecule has 0 fully saturated rings. The second-order valence-corrected chi connectivity index (χ2v) is 4.44. The van der Waals surface area contributed by atoms with Crippen LogP contribution in [0.15, 0.2) is 0 Å². The fourth-order valence-corrected chi connectivity index (χ4v) is 1.51. The molecule has 17 heavy (non-hydrogen) atoms. The zero-order valence-corrected chi connectivity index (χ0v) is 11.4. The van der Waals surface area contributed by atoms with Crippen molar-refractivity contribution in [1.29, 1.82) is 0 Å². The standard InChI is InChI=1S/C12H26N2O3/c1-5-6-16-7-8-17-10(2)9-12(3,14-4)11(13)15/h10,14H,5-9H2,1-4H3,(H2,13,15). The van der Waals surface area contributed by atoms with Crippen LogP contribution in [0.2, 0.25) is 0 Å². The molecule has 0 radical (unpaired) electrons. The highest BCUT2D eigenvalue weighted by Crippen LogP contribution is 2.13. The lowest BCUT2D eigenvalue weighted by Gasteiger charge is -2.28. The van der Waals surface area contributed by atoms with Crippen LogP contribution in [0.5, 0.6) is 0 Å². The van der Waals surface area contributed by atoms with Gasteiger partial charge in [-0.2, -0.15) is 0 Å². The van der Waals surface area contributed by atoms with Crippen molar-refractivity contribution in [3.63, 3.8) is 0 Å². The molecule has 0 aliphatic rings. The molecule has 0 saturated carbocycles. The van der Waals surface area contributed by atoms with Crippen molar-refractivity contribution in [2.75, 3.05) is 26.9 Å². The number of nitrogens with one attached hydrogen (secondary N) is 1. The molecule has 102 valence electrons. The monoisotopic (exact) mass is 246 g/mol. The molecule has 2 unspecified atom stereocenters. The molecule has 0 spiro atoms. The Kier molecular flexibility index (Phi) is 8.12. The fourth-order valence-electron chi connectivity index (χ4n) is 1.51. The topological polar surface area (TPSA) is 73.6 Å². The summed E-state index contributed by atoms with van der Waals surface area (Å²) in [6.45, 7) is 7.66. The Morgan fingerprint density at radius 1 is 1.41 bits per heavy atom. The third-order valence-corrected chi connectivity index (χ3v) is 2.77. The third-order valence-electron chi connectivity index (χ3n) is 2.77. The quantitative estimate of drug-likeness (QED) is 0.556. The van der Waals surface area contributed by atoms with Gasteiger partial charge in [-0.15, -0.1) is 0 Å². The fraction of sp³-hybridized carbons (Fsp3) is 0.917. The van der Waals surface area contributed by atoms with E-state index in [0.29, 0.717) is 19.6 Å². The van der Waals surface area contributed by atoms with E-state index < -0.39 is 5.54 Å². The van der Waals surface area contributed by atoms with Crippen LogP contribution in [0.4, 0.5) is 0 Å². The SMILES string of the molecule is CCCOCCOC(C)CC(C)(NC)C(N)=O. The number of hydrogen-bond acceptors (Lipinski definition) is 4. The number of hydrogen-bond donors (Lipinski definition) is 2. The van der Waals surface area contributed by atoms with Crippen LogP contribution in [0.1, 0.15) is 33.6 Å². The lowest BCUT2D eigenvalue weighted by molar-refractivity contribution is -0.125. The summed E-state index contributed by atoms with van der Waals surface area (Å²) in [7, 11) is 1.72. The van der Waals surface area contributed by atoms with Crippen LogP contribution >= 0.6 is 0 Å². The van der Waals surface area contributed by atoms with Gasteiger partial charge in [-0.3, -0.25) is 4.79 Å². The van der Waals surface area contributed by atoms with Gasteiger partial charge < -0.3 is 20.5 Å². The van der Waals surface area contributed by atoms with E-state index in [1.807, 2.05) is 6.92 Å². The largest absolute Gasteiger partial charge is 0.379 e. The van der Waals surface area contributed by atoms with Crippen LogP contribution in [0, 0.1) is 0 Å². The molecule has 0 heterocycles. The molecule has 5 nitrogen and oxygen atoms in total. The molecule has 3 N–H and O–H groups in total. The number of amides is 1. The van der Waals surface area contributed by atoms with Gasteiger partial charge in [0.25, 0.3) is 0 Å². The normalized spacial score (nSPS) is 16.5. The van der Waals surface area contributed by atoms with Crippen molar-refractivity contribution in [1.82, 2.24) is 5.32 Å². The van der Waals surface area contributed by atoms with Crippen LogP contribution < -0.4 is 11.1 Å². The van der Waals surface area contributed by atoms with Crippen LogP contribution in [-0.4, -0.2) is 44.4 Å². The van der Waals surface area contributed by atoms with Crippen LogP contribution in [-0.2, 0) is 14.3 Å². The maximum Gasteiger partial charge on any atom is 0.237 e. The molecule has 0 aromatic rings. The Bertz CT molecular complexity index is 224. The second kappa shape index (κ2) is 8.44. The van der Waals surface area contributed by atoms with Gasteiger partial charge in [0, 0.05) is 13.0 Å². The lowest BCUT2D eigenvalue weighted by Crippen LogP contribution is -2.53. The Hall–Kier alpha value is -0.650. The summed E-state index contributed by atoms with van der Waals surface area (Å²) >= 11 is 0. The third kappa shape index (κ3) is 6.61. The summed E-state index contributed by atoms with van der Waals surface area (Å²) in [5.74, 6) is -0.363. The van der Waals surface area contributed by atoms with Crippen molar-refractivity contribution in [3.8, 4) is 0 Å². The summed E-state index contributed by atoms with van der Waals surface area (Å²) in [5, 5.41) is 2.93. The van der Waals surface area contributed by atoms with Crippen molar-refractivity contribution >= 4 is 5.91 Å². The number of nitrogens with two attached hydrogens (primary N) is 1. The first-order valence-corrected chi connectivity index (χ1v) is 6.14. The smallest absolute Gasteiger partial charge is 0.237 e. The van der Waals surface area contributed by atoms with E-state index in [1.165, 1.54) is 0 Å². The van der Waals surface area contributed by atoms with E-state index in [9.17, 15) is 4.79 Å². The number of carbonyl (C=O) groups excluding carboxylic acids is 1. The minimum atomic E-state index is -0.719. The number of carbonyl (C=O) groups is 1. The lowest BCUT2D eigenvalue weighted by atomic mass is 9.94. The summed E-state index contributed by atoms with van der Waals surface area (Å²) in [4.78, 5) is 11.3. The van der Waals surface area contributed by atoms with E-state index in [0.717, 1.165) is 13.0 Å². The van der Waals surface area contributed by atoms with Crippen molar-refractivity contribution in [2.24, 2.45) is 5.73 Å². The average molecular weight is 246 g/mol. The minimum Gasteiger partial charge on any atom is -0.379 e. The van der Waals surface area contributed by atoms with Crippen molar-refractivity contribution in [3.05, 3.63) is 0 Å². The van der Waals surface area contributed by atoms with Gasteiger partial charge in [0.15, 0.2) is 0 Å². The summed E-state index contributed by atoms with van der Waals surface area (Å²) in [5.41, 5.74) is 4.62. The number of ether oxygens (including phenoxy) is 2. The van der Waals surface area contributed by atoms with Crippen LogP contribution in [0.25, 0.3) is 0 Å². The maximum absolute atomic E-state index is 11.3.